The SMILES string of the molecule is O=S(=O)(F)c1coc2ccc(F)cc12. The summed E-state index contributed by atoms with van der Waals surface area (Å²) in [6.07, 6.45) is 0.749. The van der Waals surface area contributed by atoms with Gasteiger partial charge in [-0.1, -0.05) is 0 Å². The smallest absolute Gasteiger partial charge is 0.335 e. The molecule has 2 rings (SSSR count). The third-order valence-corrected chi connectivity index (χ3v) is 2.60. The zero-order chi connectivity index (χ0) is 10.3. The summed E-state index contributed by atoms with van der Waals surface area (Å²) in [4.78, 5) is -0.646. The van der Waals surface area contributed by atoms with Gasteiger partial charge in [0.1, 0.15) is 22.6 Å². The van der Waals surface area contributed by atoms with Crippen LogP contribution < -0.4 is 0 Å². The van der Waals surface area contributed by atoms with Gasteiger partial charge < -0.3 is 4.42 Å². The van der Waals surface area contributed by atoms with Crippen molar-refractivity contribution in [3.05, 3.63) is 30.3 Å². The van der Waals surface area contributed by atoms with Crippen molar-refractivity contribution in [2.24, 2.45) is 0 Å². The standard InChI is InChI=1S/C8H4F2O3S/c9-5-1-2-7-6(3-5)8(4-13-7)14(10,11)12/h1-4H. The van der Waals surface area contributed by atoms with Crippen LogP contribution in [0.1, 0.15) is 0 Å². The monoisotopic (exact) mass is 218 g/mol. The van der Waals surface area contributed by atoms with Crippen molar-refractivity contribution >= 4 is 21.2 Å². The van der Waals surface area contributed by atoms with Crippen LogP contribution in [0.15, 0.2) is 33.8 Å². The van der Waals surface area contributed by atoms with E-state index in [9.17, 15) is 16.7 Å². The molecule has 0 amide bonds. The minimum Gasteiger partial charge on any atom is -0.463 e. The molecule has 14 heavy (non-hydrogen) atoms. The minimum absolute atomic E-state index is 0.0903. The predicted molar refractivity (Wildman–Crippen MR) is 44.5 cm³/mol. The highest BCUT2D eigenvalue weighted by Crippen LogP contribution is 2.26. The zero-order valence-corrected chi connectivity index (χ0v) is 7.51. The molecule has 3 nitrogen and oxygen atoms in total. The van der Waals surface area contributed by atoms with E-state index in [1.165, 1.54) is 6.07 Å². The molecule has 0 unspecified atom stereocenters. The van der Waals surface area contributed by atoms with Crippen molar-refractivity contribution < 1.29 is 21.1 Å². The summed E-state index contributed by atoms with van der Waals surface area (Å²) in [6, 6.07) is 3.24. The second kappa shape index (κ2) is 2.78. The number of benzene rings is 1. The Morgan fingerprint density at radius 2 is 2.00 bits per heavy atom. The molecule has 2 aromatic rings. The maximum Gasteiger partial charge on any atom is 0.335 e. The van der Waals surface area contributed by atoms with Crippen LogP contribution in [0.2, 0.25) is 0 Å². The molecule has 0 aliphatic heterocycles. The maximum absolute atomic E-state index is 12.7. The molecule has 1 aromatic heterocycles. The summed E-state index contributed by atoms with van der Waals surface area (Å²) in [6.45, 7) is 0. The van der Waals surface area contributed by atoms with Crippen LogP contribution in [0.5, 0.6) is 0 Å². The molecule has 0 aliphatic carbocycles. The third kappa shape index (κ3) is 1.37. The van der Waals surface area contributed by atoms with Crippen molar-refractivity contribution in [3.63, 3.8) is 0 Å². The van der Waals surface area contributed by atoms with E-state index in [0.29, 0.717) is 0 Å². The average Bonchev–Trinajstić information content (AvgIpc) is 2.45. The Morgan fingerprint density at radius 3 is 2.64 bits per heavy atom. The van der Waals surface area contributed by atoms with Crippen LogP contribution in [-0.2, 0) is 10.2 Å². The molecule has 0 saturated heterocycles. The van der Waals surface area contributed by atoms with Gasteiger partial charge in [-0.05, 0) is 18.2 Å². The van der Waals surface area contributed by atoms with Crippen LogP contribution in [0.3, 0.4) is 0 Å². The van der Waals surface area contributed by atoms with Gasteiger partial charge in [0.15, 0.2) is 0 Å². The van der Waals surface area contributed by atoms with Crippen LogP contribution >= 0.6 is 0 Å². The van der Waals surface area contributed by atoms with Crippen LogP contribution in [0.4, 0.5) is 8.28 Å². The molecule has 6 heteroatoms. The van der Waals surface area contributed by atoms with Gasteiger partial charge in [0.25, 0.3) is 0 Å². The Kier molecular flexibility index (Phi) is 1.81. The number of hydrogen-bond donors (Lipinski definition) is 0. The van der Waals surface area contributed by atoms with E-state index in [0.717, 1.165) is 18.4 Å². The fourth-order valence-corrected chi connectivity index (χ4v) is 1.75. The van der Waals surface area contributed by atoms with Crippen molar-refractivity contribution in [1.82, 2.24) is 0 Å². The molecule has 0 spiro atoms. The number of hydrogen-bond acceptors (Lipinski definition) is 3. The van der Waals surface area contributed by atoms with Crippen LogP contribution in [-0.4, -0.2) is 8.42 Å². The minimum atomic E-state index is -4.86. The van der Waals surface area contributed by atoms with Crippen molar-refractivity contribution in [1.29, 1.82) is 0 Å². The summed E-state index contributed by atoms with van der Waals surface area (Å²) in [5.74, 6) is -0.649. The number of furan rings is 1. The summed E-state index contributed by atoms with van der Waals surface area (Å²) in [5.41, 5.74) is 0.127. The second-order valence-electron chi connectivity index (χ2n) is 2.68. The summed E-state index contributed by atoms with van der Waals surface area (Å²) < 4.78 is 51.2. The predicted octanol–water partition coefficient (Wildman–Crippen LogP) is 2.23. The molecule has 0 aliphatic rings. The quantitative estimate of drug-likeness (QED) is 0.689. The van der Waals surface area contributed by atoms with Gasteiger partial charge >= 0.3 is 10.2 Å². The highest BCUT2D eigenvalue weighted by atomic mass is 32.3. The lowest BCUT2D eigenvalue weighted by molar-refractivity contribution is 0.547. The first-order valence-corrected chi connectivity index (χ1v) is 4.98. The molecule has 0 bridgehead atoms. The molecule has 0 atom stereocenters. The molecular weight excluding hydrogens is 214 g/mol. The van der Waals surface area contributed by atoms with Gasteiger partial charge in [-0.25, -0.2) is 4.39 Å². The van der Waals surface area contributed by atoms with Crippen molar-refractivity contribution in [2.45, 2.75) is 4.90 Å². The van der Waals surface area contributed by atoms with Gasteiger partial charge in [-0.15, -0.1) is 3.89 Å². The second-order valence-corrected chi connectivity index (χ2v) is 3.99. The Balaban J connectivity index is 2.87. The summed E-state index contributed by atoms with van der Waals surface area (Å²) >= 11 is 0. The van der Waals surface area contributed by atoms with E-state index in [1.54, 1.807) is 0 Å². The van der Waals surface area contributed by atoms with E-state index in [2.05, 4.69) is 0 Å². The van der Waals surface area contributed by atoms with Crippen LogP contribution in [0, 0.1) is 5.82 Å². The summed E-state index contributed by atoms with van der Waals surface area (Å²) in [7, 11) is -4.86. The van der Waals surface area contributed by atoms with E-state index < -0.39 is 20.9 Å². The first-order chi connectivity index (χ1) is 6.48. The molecule has 0 N–H and O–H groups in total. The molecule has 0 fully saturated rings. The van der Waals surface area contributed by atoms with Gasteiger partial charge in [0, 0.05) is 5.39 Å². The lowest BCUT2D eigenvalue weighted by Gasteiger charge is -1.90. The normalized spacial score (nSPS) is 12.1. The molecule has 74 valence electrons. The molecule has 1 heterocycles. The number of halogens is 2. The molecular formula is C8H4F2O3S. The zero-order valence-electron chi connectivity index (χ0n) is 6.70. The molecule has 0 radical (unpaired) electrons. The van der Waals surface area contributed by atoms with E-state index in [-0.39, 0.29) is 11.0 Å². The Labute approximate surface area is 78.2 Å². The fraction of sp³-hybridized carbons (Fsp3) is 0. The molecule has 1 aromatic carbocycles. The van der Waals surface area contributed by atoms with E-state index in [1.807, 2.05) is 0 Å². The average molecular weight is 218 g/mol. The number of fused-ring (bicyclic) bond motifs is 1. The van der Waals surface area contributed by atoms with Gasteiger partial charge in [-0.2, -0.15) is 8.42 Å². The summed E-state index contributed by atoms with van der Waals surface area (Å²) in [5, 5.41) is -0.0903. The fourth-order valence-electron chi connectivity index (χ4n) is 1.17. The third-order valence-electron chi connectivity index (χ3n) is 1.76. The largest absolute Gasteiger partial charge is 0.463 e. The highest BCUT2D eigenvalue weighted by molar-refractivity contribution is 7.86. The molecule has 0 saturated carbocycles. The van der Waals surface area contributed by atoms with Crippen molar-refractivity contribution in [3.8, 4) is 0 Å². The van der Waals surface area contributed by atoms with Crippen LogP contribution in [0.25, 0.3) is 11.0 Å². The first-order valence-electron chi connectivity index (χ1n) is 3.60. The van der Waals surface area contributed by atoms with Gasteiger partial charge in [0.2, 0.25) is 0 Å². The number of rotatable bonds is 1. The Morgan fingerprint density at radius 1 is 1.29 bits per heavy atom. The van der Waals surface area contributed by atoms with E-state index in [4.69, 9.17) is 4.42 Å². The lowest BCUT2D eigenvalue weighted by atomic mass is 10.2. The Hall–Kier alpha value is -1.43. The highest BCUT2D eigenvalue weighted by Gasteiger charge is 2.19. The van der Waals surface area contributed by atoms with Gasteiger partial charge in [-0.3, -0.25) is 0 Å². The topological polar surface area (TPSA) is 47.3 Å². The van der Waals surface area contributed by atoms with E-state index >= 15 is 0 Å². The Bertz CT molecular complexity index is 586. The lowest BCUT2D eigenvalue weighted by Crippen LogP contribution is -1.89. The van der Waals surface area contributed by atoms with Crippen molar-refractivity contribution in [2.75, 3.05) is 0 Å². The van der Waals surface area contributed by atoms with Gasteiger partial charge in [0.05, 0.1) is 0 Å². The maximum atomic E-state index is 12.7. The first kappa shape index (κ1) is 9.14.